The lowest BCUT2D eigenvalue weighted by atomic mass is 9.88. The third kappa shape index (κ3) is 4.06. The molecular weight excluding hydrogens is 378 g/mol. The van der Waals surface area contributed by atoms with Gasteiger partial charge in [-0.15, -0.1) is 0 Å². The smallest absolute Gasteiger partial charge is 0.258 e. The van der Waals surface area contributed by atoms with E-state index in [0.29, 0.717) is 10.8 Å². The Kier molecular flexibility index (Phi) is 5.23. The molecule has 2 aromatic carbocycles. The summed E-state index contributed by atoms with van der Waals surface area (Å²) in [5.41, 5.74) is 2.55. The van der Waals surface area contributed by atoms with Gasteiger partial charge in [0.15, 0.2) is 6.61 Å². The van der Waals surface area contributed by atoms with Gasteiger partial charge < -0.3 is 10.1 Å². The van der Waals surface area contributed by atoms with Crippen LogP contribution in [0, 0.1) is 0 Å². The van der Waals surface area contributed by atoms with E-state index in [0.717, 1.165) is 23.7 Å². The standard InChI is InChI=1S/C18H17BrClNO2/c19-15-10-13(20)8-9-17(15)23-11-18(22)21-16-7-3-5-12-4-1-2-6-14(12)16/h1-2,4,6,8-10,16H,3,5,7,11H2,(H,21,22)/t16-/m0/s1. The van der Waals surface area contributed by atoms with Gasteiger partial charge in [0.1, 0.15) is 5.75 Å². The molecule has 0 radical (unpaired) electrons. The summed E-state index contributed by atoms with van der Waals surface area (Å²) < 4.78 is 6.30. The summed E-state index contributed by atoms with van der Waals surface area (Å²) in [6.45, 7) is -0.0150. The number of nitrogens with one attached hydrogen (secondary N) is 1. The molecule has 1 N–H and O–H groups in total. The highest BCUT2D eigenvalue weighted by Crippen LogP contribution is 2.30. The molecule has 0 saturated carbocycles. The fourth-order valence-corrected chi connectivity index (χ4v) is 3.67. The van der Waals surface area contributed by atoms with E-state index in [4.69, 9.17) is 16.3 Å². The number of hydrogen-bond donors (Lipinski definition) is 1. The van der Waals surface area contributed by atoms with Crippen LogP contribution in [-0.2, 0) is 11.2 Å². The number of ether oxygens (including phenoxy) is 1. The highest BCUT2D eigenvalue weighted by atomic mass is 79.9. The first kappa shape index (κ1) is 16.3. The first-order valence-corrected chi connectivity index (χ1v) is 8.75. The van der Waals surface area contributed by atoms with Crippen LogP contribution in [-0.4, -0.2) is 12.5 Å². The predicted molar refractivity (Wildman–Crippen MR) is 94.9 cm³/mol. The van der Waals surface area contributed by atoms with Crippen LogP contribution in [0.25, 0.3) is 0 Å². The molecule has 0 saturated heterocycles. The number of hydrogen-bond acceptors (Lipinski definition) is 2. The van der Waals surface area contributed by atoms with E-state index >= 15 is 0 Å². The number of carbonyl (C=O) groups is 1. The molecule has 5 heteroatoms. The number of halogens is 2. The lowest BCUT2D eigenvalue weighted by Gasteiger charge is -2.26. The Morgan fingerprint density at radius 3 is 2.96 bits per heavy atom. The minimum Gasteiger partial charge on any atom is -0.483 e. The van der Waals surface area contributed by atoms with Gasteiger partial charge >= 0.3 is 0 Å². The largest absolute Gasteiger partial charge is 0.483 e. The molecule has 0 aliphatic heterocycles. The SMILES string of the molecule is O=C(COc1ccc(Cl)cc1Br)N[C@H]1CCCc2ccccc21. The summed E-state index contributed by atoms with van der Waals surface area (Å²) in [7, 11) is 0. The number of benzene rings is 2. The van der Waals surface area contributed by atoms with Crippen molar-refractivity contribution in [2.24, 2.45) is 0 Å². The molecular formula is C18H17BrClNO2. The monoisotopic (exact) mass is 393 g/mol. The summed E-state index contributed by atoms with van der Waals surface area (Å²) in [4.78, 5) is 12.2. The van der Waals surface area contributed by atoms with E-state index in [-0.39, 0.29) is 18.6 Å². The fourth-order valence-electron chi connectivity index (χ4n) is 2.88. The number of rotatable bonds is 4. The van der Waals surface area contributed by atoms with Crippen LogP contribution in [0.5, 0.6) is 5.75 Å². The quantitative estimate of drug-likeness (QED) is 0.818. The molecule has 0 heterocycles. The highest BCUT2D eigenvalue weighted by Gasteiger charge is 2.21. The van der Waals surface area contributed by atoms with Gasteiger partial charge in [-0.2, -0.15) is 0 Å². The lowest BCUT2D eigenvalue weighted by molar-refractivity contribution is -0.124. The molecule has 1 atom stereocenters. The Morgan fingerprint density at radius 2 is 2.13 bits per heavy atom. The molecule has 1 aliphatic carbocycles. The summed E-state index contributed by atoms with van der Waals surface area (Å²) in [6, 6.07) is 13.6. The van der Waals surface area contributed by atoms with Gasteiger partial charge in [-0.25, -0.2) is 0 Å². The molecule has 1 aliphatic rings. The summed E-state index contributed by atoms with van der Waals surface area (Å²) >= 11 is 9.27. The first-order chi connectivity index (χ1) is 11.1. The lowest BCUT2D eigenvalue weighted by Crippen LogP contribution is -2.34. The Bertz CT molecular complexity index is 720. The van der Waals surface area contributed by atoms with Crippen molar-refractivity contribution >= 4 is 33.4 Å². The molecule has 23 heavy (non-hydrogen) atoms. The Balaban J connectivity index is 1.60. The van der Waals surface area contributed by atoms with Crippen molar-refractivity contribution in [1.29, 1.82) is 0 Å². The predicted octanol–water partition coefficient (Wildman–Crippen LogP) is 4.68. The second-order valence-electron chi connectivity index (χ2n) is 5.57. The van der Waals surface area contributed by atoms with Crippen molar-refractivity contribution in [1.82, 2.24) is 5.32 Å². The van der Waals surface area contributed by atoms with E-state index in [1.807, 2.05) is 12.1 Å². The van der Waals surface area contributed by atoms with Gasteiger partial charge in [0, 0.05) is 5.02 Å². The van der Waals surface area contributed by atoms with Crippen molar-refractivity contribution in [3.63, 3.8) is 0 Å². The normalized spacial score (nSPS) is 16.5. The van der Waals surface area contributed by atoms with Gasteiger partial charge in [-0.3, -0.25) is 4.79 Å². The van der Waals surface area contributed by atoms with Gasteiger partial charge in [-0.1, -0.05) is 35.9 Å². The topological polar surface area (TPSA) is 38.3 Å². The molecule has 0 fully saturated rings. The van der Waals surface area contributed by atoms with E-state index in [1.165, 1.54) is 11.1 Å². The maximum absolute atomic E-state index is 12.2. The molecule has 0 aromatic heterocycles. The minimum atomic E-state index is -0.117. The van der Waals surface area contributed by atoms with E-state index in [2.05, 4.69) is 33.4 Å². The fraction of sp³-hybridized carbons (Fsp3) is 0.278. The van der Waals surface area contributed by atoms with E-state index in [9.17, 15) is 4.79 Å². The summed E-state index contributed by atoms with van der Waals surface area (Å²) in [5.74, 6) is 0.488. The molecule has 120 valence electrons. The van der Waals surface area contributed by atoms with Crippen LogP contribution in [0.3, 0.4) is 0 Å². The maximum Gasteiger partial charge on any atom is 0.258 e. The summed E-state index contributed by atoms with van der Waals surface area (Å²) in [6.07, 6.45) is 3.13. The number of fused-ring (bicyclic) bond motifs is 1. The Morgan fingerprint density at radius 1 is 1.30 bits per heavy atom. The van der Waals surface area contributed by atoms with Crippen LogP contribution in [0.4, 0.5) is 0 Å². The molecule has 0 bridgehead atoms. The average Bonchev–Trinajstić information content (AvgIpc) is 2.54. The third-order valence-corrected chi connectivity index (χ3v) is 4.81. The second kappa shape index (κ2) is 7.37. The van der Waals surface area contributed by atoms with Crippen LogP contribution >= 0.6 is 27.5 Å². The van der Waals surface area contributed by atoms with Crippen LogP contribution < -0.4 is 10.1 Å². The van der Waals surface area contributed by atoms with Crippen LogP contribution in [0.15, 0.2) is 46.9 Å². The van der Waals surface area contributed by atoms with Gasteiger partial charge in [0.2, 0.25) is 0 Å². The first-order valence-electron chi connectivity index (χ1n) is 7.58. The Hall–Kier alpha value is -1.52. The Labute approximate surface area is 149 Å². The minimum absolute atomic E-state index is 0.0150. The van der Waals surface area contributed by atoms with Crippen molar-refractivity contribution in [3.05, 3.63) is 63.1 Å². The molecule has 1 amide bonds. The van der Waals surface area contributed by atoms with Crippen LogP contribution in [0.2, 0.25) is 5.02 Å². The second-order valence-corrected chi connectivity index (χ2v) is 6.87. The maximum atomic E-state index is 12.2. The average molecular weight is 395 g/mol. The molecule has 0 unspecified atom stereocenters. The third-order valence-electron chi connectivity index (χ3n) is 3.96. The zero-order chi connectivity index (χ0) is 16.2. The molecule has 0 spiro atoms. The van der Waals surface area contributed by atoms with E-state index in [1.54, 1.807) is 18.2 Å². The molecule has 2 aromatic rings. The number of aryl methyl sites for hydroxylation is 1. The summed E-state index contributed by atoms with van der Waals surface area (Å²) in [5, 5.41) is 3.69. The van der Waals surface area contributed by atoms with E-state index < -0.39 is 0 Å². The van der Waals surface area contributed by atoms with Gasteiger partial charge in [0.05, 0.1) is 10.5 Å². The zero-order valence-corrected chi connectivity index (χ0v) is 14.9. The van der Waals surface area contributed by atoms with Gasteiger partial charge in [0.25, 0.3) is 5.91 Å². The van der Waals surface area contributed by atoms with Crippen molar-refractivity contribution in [3.8, 4) is 5.75 Å². The number of amides is 1. The molecule has 3 rings (SSSR count). The zero-order valence-electron chi connectivity index (χ0n) is 12.5. The van der Waals surface area contributed by atoms with Gasteiger partial charge in [-0.05, 0) is 64.5 Å². The van der Waals surface area contributed by atoms with Crippen molar-refractivity contribution in [2.45, 2.75) is 25.3 Å². The molecule has 3 nitrogen and oxygen atoms in total. The number of carbonyl (C=O) groups excluding carboxylic acids is 1. The highest BCUT2D eigenvalue weighted by molar-refractivity contribution is 9.10. The van der Waals surface area contributed by atoms with Crippen molar-refractivity contribution in [2.75, 3.05) is 6.61 Å². The van der Waals surface area contributed by atoms with Crippen molar-refractivity contribution < 1.29 is 9.53 Å². The van der Waals surface area contributed by atoms with Crippen LogP contribution in [0.1, 0.15) is 30.0 Å².